The standard InChI is InChI=1S/C18H22N4O4S/c1-25-14-9-13(10-15(11-14)26-2)20-18(24)22-6-3-12(4-7-22)16(23)21-17-19-5-8-27-17/h5,8-12H,3-4,6-7H2,1-2H3,(H,20,24)(H,19,21,23). The molecule has 2 aromatic rings. The third kappa shape index (κ3) is 4.88. The third-order valence-electron chi connectivity index (χ3n) is 4.42. The average molecular weight is 390 g/mol. The minimum atomic E-state index is -0.205. The van der Waals surface area contributed by atoms with E-state index in [-0.39, 0.29) is 17.9 Å². The lowest BCUT2D eigenvalue weighted by Gasteiger charge is -2.31. The Hall–Kier alpha value is -2.81. The fourth-order valence-corrected chi connectivity index (χ4v) is 3.45. The van der Waals surface area contributed by atoms with E-state index >= 15 is 0 Å². The van der Waals surface area contributed by atoms with E-state index in [1.807, 2.05) is 5.38 Å². The topological polar surface area (TPSA) is 92.8 Å². The number of nitrogens with one attached hydrogen (secondary N) is 2. The van der Waals surface area contributed by atoms with Crippen molar-refractivity contribution in [1.82, 2.24) is 9.88 Å². The van der Waals surface area contributed by atoms with E-state index in [4.69, 9.17) is 9.47 Å². The number of carbonyl (C=O) groups is 2. The van der Waals surface area contributed by atoms with Gasteiger partial charge in [0.25, 0.3) is 0 Å². The number of hydrogen-bond acceptors (Lipinski definition) is 6. The van der Waals surface area contributed by atoms with Gasteiger partial charge in [0.15, 0.2) is 5.13 Å². The fourth-order valence-electron chi connectivity index (χ4n) is 2.92. The molecule has 1 saturated heterocycles. The summed E-state index contributed by atoms with van der Waals surface area (Å²) in [5, 5.41) is 8.10. The lowest BCUT2D eigenvalue weighted by Crippen LogP contribution is -2.43. The average Bonchev–Trinajstić information content (AvgIpc) is 3.20. The van der Waals surface area contributed by atoms with Crippen molar-refractivity contribution in [3.63, 3.8) is 0 Å². The number of rotatable bonds is 5. The first-order chi connectivity index (χ1) is 13.1. The number of likely N-dealkylation sites (tertiary alicyclic amines) is 1. The van der Waals surface area contributed by atoms with E-state index < -0.39 is 0 Å². The smallest absolute Gasteiger partial charge is 0.321 e. The molecule has 1 aromatic heterocycles. The van der Waals surface area contributed by atoms with Crippen molar-refractivity contribution < 1.29 is 19.1 Å². The van der Waals surface area contributed by atoms with Crippen LogP contribution in [0.3, 0.4) is 0 Å². The van der Waals surface area contributed by atoms with Crippen LogP contribution < -0.4 is 20.1 Å². The molecule has 8 nitrogen and oxygen atoms in total. The number of ether oxygens (including phenoxy) is 2. The minimum absolute atomic E-state index is 0.0393. The first-order valence-electron chi connectivity index (χ1n) is 8.58. The van der Waals surface area contributed by atoms with Gasteiger partial charge in [-0.1, -0.05) is 0 Å². The predicted octanol–water partition coefficient (Wildman–Crippen LogP) is 3.04. The summed E-state index contributed by atoms with van der Waals surface area (Å²) in [6, 6.07) is 5.00. The highest BCUT2D eigenvalue weighted by Crippen LogP contribution is 2.27. The Bertz CT molecular complexity index is 766. The zero-order valence-corrected chi connectivity index (χ0v) is 16.0. The molecule has 0 atom stereocenters. The predicted molar refractivity (Wildman–Crippen MR) is 104 cm³/mol. The van der Waals surface area contributed by atoms with Gasteiger partial charge in [0, 0.05) is 54.5 Å². The minimum Gasteiger partial charge on any atom is -0.497 e. The molecule has 9 heteroatoms. The molecule has 0 radical (unpaired) electrons. The van der Waals surface area contributed by atoms with Gasteiger partial charge in [-0.3, -0.25) is 4.79 Å². The summed E-state index contributed by atoms with van der Waals surface area (Å²) < 4.78 is 10.4. The Balaban J connectivity index is 1.53. The molecular formula is C18H22N4O4S. The maximum Gasteiger partial charge on any atom is 0.321 e. The van der Waals surface area contributed by atoms with Crippen LogP contribution in [0.2, 0.25) is 0 Å². The second kappa shape index (κ2) is 8.72. The number of nitrogens with zero attached hydrogens (tertiary/aromatic N) is 2. The summed E-state index contributed by atoms with van der Waals surface area (Å²) in [6.07, 6.45) is 2.89. The molecule has 3 rings (SSSR count). The monoisotopic (exact) mass is 390 g/mol. The van der Waals surface area contributed by atoms with Crippen LogP contribution in [-0.2, 0) is 4.79 Å². The number of aromatic nitrogens is 1. The normalized spacial score (nSPS) is 14.5. The summed E-state index contributed by atoms with van der Waals surface area (Å²) in [7, 11) is 3.11. The summed E-state index contributed by atoms with van der Waals surface area (Å²) in [5.41, 5.74) is 0.597. The van der Waals surface area contributed by atoms with E-state index in [1.54, 1.807) is 43.5 Å². The van der Waals surface area contributed by atoms with Gasteiger partial charge in [-0.05, 0) is 12.8 Å². The molecule has 27 heavy (non-hydrogen) atoms. The summed E-state index contributed by atoms with van der Waals surface area (Å²) >= 11 is 1.39. The Morgan fingerprint density at radius 1 is 1.11 bits per heavy atom. The fraction of sp³-hybridized carbons (Fsp3) is 0.389. The summed E-state index contributed by atoms with van der Waals surface area (Å²) in [5.74, 6) is 1.04. The van der Waals surface area contributed by atoms with Crippen LogP contribution in [0, 0.1) is 5.92 Å². The number of carbonyl (C=O) groups excluding carboxylic acids is 2. The number of benzene rings is 1. The van der Waals surface area contributed by atoms with Gasteiger partial charge in [0.1, 0.15) is 11.5 Å². The van der Waals surface area contributed by atoms with Gasteiger partial charge in [-0.25, -0.2) is 9.78 Å². The van der Waals surface area contributed by atoms with Gasteiger partial charge in [0.2, 0.25) is 5.91 Å². The first-order valence-corrected chi connectivity index (χ1v) is 9.46. The van der Waals surface area contributed by atoms with Crippen molar-refractivity contribution >= 4 is 34.1 Å². The van der Waals surface area contributed by atoms with Crippen molar-refractivity contribution in [1.29, 1.82) is 0 Å². The van der Waals surface area contributed by atoms with Gasteiger partial charge < -0.3 is 25.0 Å². The van der Waals surface area contributed by atoms with Crippen LogP contribution >= 0.6 is 11.3 Å². The quantitative estimate of drug-likeness (QED) is 0.819. The van der Waals surface area contributed by atoms with Crippen LogP contribution in [0.25, 0.3) is 0 Å². The van der Waals surface area contributed by atoms with Crippen molar-refractivity contribution in [2.75, 3.05) is 37.9 Å². The van der Waals surface area contributed by atoms with Gasteiger partial charge in [-0.15, -0.1) is 11.3 Å². The van der Waals surface area contributed by atoms with Crippen molar-refractivity contribution in [3.8, 4) is 11.5 Å². The summed E-state index contributed by atoms with van der Waals surface area (Å²) in [6.45, 7) is 1.03. The molecule has 0 unspecified atom stereocenters. The highest BCUT2D eigenvalue weighted by molar-refractivity contribution is 7.13. The lowest BCUT2D eigenvalue weighted by molar-refractivity contribution is -0.121. The lowest BCUT2D eigenvalue weighted by atomic mass is 9.96. The summed E-state index contributed by atoms with van der Waals surface area (Å²) in [4.78, 5) is 30.6. The van der Waals surface area contributed by atoms with E-state index in [0.717, 1.165) is 0 Å². The van der Waals surface area contributed by atoms with Crippen LogP contribution in [0.15, 0.2) is 29.8 Å². The van der Waals surface area contributed by atoms with Crippen LogP contribution in [0.5, 0.6) is 11.5 Å². The Kier molecular flexibility index (Phi) is 6.12. The van der Waals surface area contributed by atoms with E-state index in [0.29, 0.717) is 48.2 Å². The van der Waals surface area contributed by atoms with Gasteiger partial charge in [0.05, 0.1) is 14.2 Å². The van der Waals surface area contributed by atoms with Crippen LogP contribution in [-0.4, -0.2) is 49.1 Å². The zero-order valence-electron chi connectivity index (χ0n) is 15.2. The SMILES string of the molecule is COc1cc(NC(=O)N2CCC(C(=O)Nc3nccs3)CC2)cc(OC)c1. The molecule has 0 aliphatic carbocycles. The highest BCUT2D eigenvalue weighted by atomic mass is 32.1. The van der Waals surface area contributed by atoms with Crippen molar-refractivity contribution in [2.45, 2.75) is 12.8 Å². The second-order valence-electron chi connectivity index (χ2n) is 6.12. The maximum atomic E-state index is 12.5. The Morgan fingerprint density at radius 3 is 2.33 bits per heavy atom. The number of hydrogen-bond donors (Lipinski definition) is 2. The zero-order chi connectivity index (χ0) is 19.2. The molecule has 144 valence electrons. The number of urea groups is 1. The number of thiazole rings is 1. The van der Waals surface area contributed by atoms with E-state index in [9.17, 15) is 9.59 Å². The molecule has 0 saturated carbocycles. The van der Waals surface area contributed by atoms with Crippen LogP contribution in [0.1, 0.15) is 12.8 Å². The van der Waals surface area contributed by atoms with Crippen molar-refractivity contribution in [2.24, 2.45) is 5.92 Å². The number of methoxy groups -OCH3 is 2. The molecule has 3 amide bonds. The maximum absolute atomic E-state index is 12.5. The van der Waals surface area contributed by atoms with Gasteiger partial charge in [-0.2, -0.15) is 0 Å². The van der Waals surface area contributed by atoms with Crippen molar-refractivity contribution in [3.05, 3.63) is 29.8 Å². The third-order valence-corrected chi connectivity index (χ3v) is 5.11. The largest absolute Gasteiger partial charge is 0.497 e. The molecule has 1 aliphatic heterocycles. The highest BCUT2D eigenvalue weighted by Gasteiger charge is 2.27. The molecule has 1 aromatic carbocycles. The molecule has 2 N–H and O–H groups in total. The first kappa shape index (κ1) is 19.0. The number of piperidine rings is 1. The molecule has 0 bridgehead atoms. The number of anilines is 2. The van der Waals surface area contributed by atoms with E-state index in [2.05, 4.69) is 15.6 Å². The second-order valence-corrected chi connectivity index (χ2v) is 7.01. The Morgan fingerprint density at radius 2 is 1.78 bits per heavy atom. The van der Waals surface area contributed by atoms with Crippen LogP contribution in [0.4, 0.5) is 15.6 Å². The van der Waals surface area contributed by atoms with E-state index in [1.165, 1.54) is 11.3 Å². The Labute approximate surface area is 161 Å². The molecular weight excluding hydrogens is 368 g/mol. The molecule has 2 heterocycles. The molecule has 1 aliphatic rings. The number of amides is 3. The molecule has 0 spiro atoms. The van der Waals surface area contributed by atoms with Gasteiger partial charge >= 0.3 is 6.03 Å². The molecule has 1 fully saturated rings.